The molecular formula is C29H33FO9S. The van der Waals surface area contributed by atoms with E-state index in [9.17, 15) is 38.1 Å². The molecule has 0 aromatic heterocycles. The van der Waals surface area contributed by atoms with E-state index in [0.717, 1.165) is 12.1 Å². The van der Waals surface area contributed by atoms with Gasteiger partial charge in [0.15, 0.2) is 22.8 Å². The third kappa shape index (κ3) is 3.53. The van der Waals surface area contributed by atoms with E-state index in [-0.39, 0.29) is 25.0 Å². The molecule has 0 aliphatic heterocycles. The first kappa shape index (κ1) is 28.8. The fourth-order valence-electron chi connectivity index (χ4n) is 8.55. The second-order valence-electron chi connectivity index (χ2n) is 12.1. The Bertz CT molecular complexity index is 1470. The molecule has 0 bridgehead atoms. The quantitative estimate of drug-likeness (QED) is 0.434. The maximum absolute atomic E-state index is 17.5. The molecule has 0 radical (unpaired) electrons. The summed E-state index contributed by atoms with van der Waals surface area (Å²) in [6, 6.07) is 4.83. The molecule has 5 rings (SSSR count). The number of alkyl halides is 1. The average Bonchev–Trinajstić information content (AvgIpc) is 3.11. The van der Waals surface area contributed by atoms with Crippen LogP contribution in [0.5, 0.6) is 0 Å². The molecule has 8 atom stereocenters. The van der Waals surface area contributed by atoms with Crippen molar-refractivity contribution in [3.63, 3.8) is 0 Å². The maximum atomic E-state index is 17.5. The number of hydrogen-bond donors (Lipinski definition) is 3. The van der Waals surface area contributed by atoms with Crippen LogP contribution in [0.25, 0.3) is 0 Å². The fourth-order valence-corrected chi connectivity index (χ4v) is 10.1. The number of ketones is 2. The summed E-state index contributed by atoms with van der Waals surface area (Å²) in [6.07, 6.45) is 2.96. The number of rotatable bonds is 6. The molecule has 3 N–H and O–H groups in total. The van der Waals surface area contributed by atoms with Gasteiger partial charge in [-0.3, -0.25) is 13.8 Å². The Labute approximate surface area is 231 Å². The molecule has 9 nitrogen and oxygen atoms in total. The van der Waals surface area contributed by atoms with Crippen LogP contribution in [0.1, 0.15) is 56.8 Å². The zero-order valence-corrected chi connectivity index (χ0v) is 23.3. The molecule has 0 spiro atoms. The molecule has 0 saturated heterocycles. The first-order valence-electron chi connectivity index (χ1n) is 13.3. The Hall–Kier alpha value is -2.73. The summed E-state index contributed by atoms with van der Waals surface area (Å²) in [6.45, 7) is 3.76. The molecule has 2 unspecified atom stereocenters. The minimum Gasteiger partial charge on any atom is -0.478 e. The molecule has 3 fully saturated rings. The van der Waals surface area contributed by atoms with Crippen molar-refractivity contribution >= 4 is 27.7 Å². The third-order valence-corrected chi connectivity index (χ3v) is 11.7. The van der Waals surface area contributed by atoms with Gasteiger partial charge in [-0.05, 0) is 68.7 Å². The number of Topliss-reactive ketones (excluding diaryl/α,β-unsaturated/α-hetero) is 1. The highest BCUT2D eigenvalue weighted by Crippen LogP contribution is 2.71. The number of aliphatic hydroxyl groups excluding tert-OH is 2. The van der Waals surface area contributed by atoms with E-state index < -0.39 is 84.9 Å². The summed E-state index contributed by atoms with van der Waals surface area (Å²) in [5.74, 6) is -5.01. The Balaban J connectivity index is 1.65. The van der Waals surface area contributed by atoms with Crippen molar-refractivity contribution in [3.05, 3.63) is 53.6 Å². The van der Waals surface area contributed by atoms with Gasteiger partial charge in [-0.2, -0.15) is 8.42 Å². The number of fused-ring (bicyclic) bond motifs is 5. The lowest BCUT2D eigenvalue weighted by atomic mass is 9.44. The summed E-state index contributed by atoms with van der Waals surface area (Å²) < 4.78 is 50.7. The fraction of sp³-hybridized carbons (Fsp3) is 0.552. The monoisotopic (exact) mass is 576 g/mol. The van der Waals surface area contributed by atoms with Crippen molar-refractivity contribution in [2.24, 2.45) is 28.6 Å². The first-order valence-corrected chi connectivity index (χ1v) is 14.7. The molecule has 0 heterocycles. The van der Waals surface area contributed by atoms with Gasteiger partial charge in [0.05, 0.1) is 11.7 Å². The van der Waals surface area contributed by atoms with Crippen LogP contribution in [0.15, 0.2) is 53.0 Å². The van der Waals surface area contributed by atoms with E-state index in [2.05, 4.69) is 0 Å². The van der Waals surface area contributed by atoms with Gasteiger partial charge in [0.25, 0.3) is 10.1 Å². The van der Waals surface area contributed by atoms with Crippen LogP contribution in [0.4, 0.5) is 4.39 Å². The Morgan fingerprint density at radius 3 is 2.50 bits per heavy atom. The van der Waals surface area contributed by atoms with Gasteiger partial charge >= 0.3 is 5.97 Å². The Morgan fingerprint density at radius 2 is 1.85 bits per heavy atom. The molecule has 1 aromatic rings. The standard InChI is InChI=1S/C29H33FO9S/c1-16-12-21-20-9-8-17-13-18(32)10-11-26(17,2)28(20,30)23(33)14-27(21,3)29(16,24(34)15-31)39-40(37,38)22-7-5-4-6-19(22)25(35)36/h4-7,10-11,13,16,20-21,23,31,33H,8-9,12,14-15H2,1-3H3,(H,35,36)/t16-,20?,21?,23+,26+,27+,28+,29+/m1/s1. The number of aliphatic hydroxyl groups is 2. The molecule has 4 aliphatic carbocycles. The van der Waals surface area contributed by atoms with Crippen molar-refractivity contribution in [2.45, 2.75) is 68.7 Å². The topological polar surface area (TPSA) is 155 Å². The van der Waals surface area contributed by atoms with E-state index in [4.69, 9.17) is 4.18 Å². The Morgan fingerprint density at radius 1 is 1.18 bits per heavy atom. The number of allylic oxidation sites excluding steroid dienone is 4. The number of carboxylic acids is 1. The van der Waals surface area contributed by atoms with Gasteiger partial charge in [-0.15, -0.1) is 0 Å². The zero-order chi connectivity index (χ0) is 29.5. The van der Waals surface area contributed by atoms with Crippen molar-refractivity contribution in [2.75, 3.05) is 6.61 Å². The van der Waals surface area contributed by atoms with E-state index in [1.54, 1.807) is 20.8 Å². The Kier molecular flexibility index (Phi) is 6.58. The number of carbonyl (C=O) groups is 3. The number of aromatic carboxylic acids is 1. The normalized spacial score (nSPS) is 40.5. The van der Waals surface area contributed by atoms with Crippen LogP contribution >= 0.6 is 0 Å². The van der Waals surface area contributed by atoms with Crippen LogP contribution in [-0.4, -0.2) is 65.3 Å². The summed E-state index contributed by atoms with van der Waals surface area (Å²) in [5.41, 5.74) is -7.11. The highest BCUT2D eigenvalue weighted by Gasteiger charge is 2.77. The van der Waals surface area contributed by atoms with Crippen molar-refractivity contribution in [1.82, 2.24) is 0 Å². The average molecular weight is 577 g/mol. The van der Waals surface area contributed by atoms with Crippen LogP contribution in [-0.2, 0) is 23.9 Å². The van der Waals surface area contributed by atoms with Gasteiger partial charge in [0, 0.05) is 16.7 Å². The number of hydrogen-bond acceptors (Lipinski definition) is 8. The summed E-state index contributed by atoms with van der Waals surface area (Å²) >= 11 is 0. The smallest absolute Gasteiger partial charge is 0.337 e. The largest absolute Gasteiger partial charge is 0.478 e. The first-order chi connectivity index (χ1) is 18.6. The van der Waals surface area contributed by atoms with Crippen LogP contribution in [0.3, 0.4) is 0 Å². The van der Waals surface area contributed by atoms with E-state index in [0.29, 0.717) is 12.0 Å². The number of halogens is 1. The number of carboxylic acid groups (broad SMARTS) is 1. The summed E-state index contributed by atoms with van der Waals surface area (Å²) in [5, 5.41) is 31.2. The molecule has 0 amide bonds. The summed E-state index contributed by atoms with van der Waals surface area (Å²) in [4.78, 5) is 36.8. The van der Waals surface area contributed by atoms with Gasteiger partial charge in [0.2, 0.25) is 0 Å². The SMILES string of the molecule is C[C@@H]1CC2C3CCC4=CC(=O)C=C[C@]4(C)[C@@]3(F)[C@@H](O)C[C@]2(C)[C@@]1(OS(=O)(=O)c1ccccc1C(=O)O)C(=O)CO. The molecule has 11 heteroatoms. The van der Waals surface area contributed by atoms with Crippen molar-refractivity contribution < 1.29 is 46.7 Å². The van der Waals surface area contributed by atoms with Crippen molar-refractivity contribution in [1.29, 1.82) is 0 Å². The highest BCUT2D eigenvalue weighted by atomic mass is 32.2. The van der Waals surface area contributed by atoms with Crippen LogP contribution in [0, 0.1) is 28.6 Å². The lowest BCUT2D eigenvalue weighted by Gasteiger charge is -2.62. The predicted molar refractivity (Wildman–Crippen MR) is 139 cm³/mol. The minimum atomic E-state index is -4.90. The van der Waals surface area contributed by atoms with E-state index >= 15 is 4.39 Å². The van der Waals surface area contributed by atoms with Crippen LogP contribution < -0.4 is 0 Å². The number of benzene rings is 1. The molecule has 1 aromatic carbocycles. The van der Waals surface area contributed by atoms with Crippen molar-refractivity contribution in [3.8, 4) is 0 Å². The van der Waals surface area contributed by atoms with Crippen LogP contribution in [0.2, 0.25) is 0 Å². The molecule has 40 heavy (non-hydrogen) atoms. The molecule has 4 aliphatic rings. The highest BCUT2D eigenvalue weighted by molar-refractivity contribution is 7.87. The predicted octanol–water partition coefficient (Wildman–Crippen LogP) is 3.01. The number of carbonyl (C=O) groups excluding carboxylic acids is 2. The third-order valence-electron chi connectivity index (χ3n) is 10.4. The lowest BCUT2D eigenvalue weighted by molar-refractivity contribution is -0.214. The van der Waals surface area contributed by atoms with Gasteiger partial charge < -0.3 is 15.3 Å². The van der Waals surface area contributed by atoms with E-state index in [1.807, 2.05) is 0 Å². The van der Waals surface area contributed by atoms with Gasteiger partial charge in [0.1, 0.15) is 11.5 Å². The zero-order valence-electron chi connectivity index (χ0n) is 22.5. The second kappa shape index (κ2) is 9.14. The molecule has 216 valence electrons. The lowest BCUT2D eigenvalue weighted by Crippen LogP contribution is -2.70. The summed E-state index contributed by atoms with van der Waals surface area (Å²) in [7, 11) is -4.90. The minimum absolute atomic E-state index is 0.166. The van der Waals surface area contributed by atoms with E-state index in [1.165, 1.54) is 30.4 Å². The maximum Gasteiger partial charge on any atom is 0.337 e. The van der Waals surface area contributed by atoms with Gasteiger partial charge in [-0.25, -0.2) is 9.18 Å². The van der Waals surface area contributed by atoms with Gasteiger partial charge in [-0.1, -0.05) is 37.6 Å². The molecular weight excluding hydrogens is 543 g/mol. The molecule has 3 saturated carbocycles. The second-order valence-corrected chi connectivity index (χ2v) is 13.6.